The van der Waals surface area contributed by atoms with Crippen molar-refractivity contribution in [3.05, 3.63) is 34.5 Å². The van der Waals surface area contributed by atoms with Crippen molar-refractivity contribution in [2.24, 2.45) is 0 Å². The van der Waals surface area contributed by atoms with Crippen molar-refractivity contribution >= 4 is 40.5 Å². The van der Waals surface area contributed by atoms with E-state index in [1.54, 1.807) is 6.07 Å². The molecule has 3 aromatic rings. The smallest absolute Gasteiger partial charge is 0.232 e. The number of anilines is 4. The van der Waals surface area contributed by atoms with Crippen LogP contribution in [-0.2, 0) is 4.74 Å². The Morgan fingerprint density at radius 1 is 1.20 bits per heavy atom. The molecule has 1 atom stereocenters. The van der Waals surface area contributed by atoms with Crippen molar-refractivity contribution in [1.82, 2.24) is 24.5 Å². The van der Waals surface area contributed by atoms with Gasteiger partial charge in [-0.1, -0.05) is 11.6 Å². The van der Waals surface area contributed by atoms with Crippen LogP contribution in [0.15, 0.2) is 18.3 Å². The summed E-state index contributed by atoms with van der Waals surface area (Å²) in [6, 6.07) is 8.53. The molecule has 2 N–H and O–H groups in total. The van der Waals surface area contributed by atoms with E-state index in [2.05, 4.69) is 54.6 Å². The van der Waals surface area contributed by atoms with Gasteiger partial charge in [0.15, 0.2) is 5.65 Å². The summed E-state index contributed by atoms with van der Waals surface area (Å²) in [5, 5.41) is 30.1. The van der Waals surface area contributed by atoms with Crippen molar-refractivity contribution < 1.29 is 4.74 Å². The van der Waals surface area contributed by atoms with Gasteiger partial charge >= 0.3 is 0 Å². The molecule has 0 radical (unpaired) electrons. The number of benzene rings is 1. The molecule has 11 nitrogen and oxygen atoms in total. The first kappa shape index (κ1) is 23.1. The summed E-state index contributed by atoms with van der Waals surface area (Å²) in [6.45, 7) is 8.88. The number of rotatable bonds is 6. The SMILES string of the molecule is CCNc1nc(Nc2cc(C#N)cc(N3CCN(C4COC4)C[C@@H]3C)c2Cl)nc2c(C#N)cnn12. The highest BCUT2D eigenvalue weighted by Gasteiger charge is 2.33. The van der Waals surface area contributed by atoms with Gasteiger partial charge in [0.25, 0.3) is 0 Å². The molecular weight excluding hydrogens is 468 g/mol. The molecule has 0 saturated carbocycles. The van der Waals surface area contributed by atoms with Crippen LogP contribution in [0.25, 0.3) is 5.65 Å². The summed E-state index contributed by atoms with van der Waals surface area (Å²) in [5.41, 5.74) is 2.49. The highest BCUT2D eigenvalue weighted by atomic mass is 35.5. The zero-order valence-electron chi connectivity index (χ0n) is 19.5. The maximum atomic E-state index is 9.71. The molecule has 12 heteroatoms. The van der Waals surface area contributed by atoms with Crippen LogP contribution in [0, 0.1) is 22.7 Å². The largest absolute Gasteiger partial charge is 0.378 e. The van der Waals surface area contributed by atoms with Crippen molar-refractivity contribution in [3.8, 4) is 12.1 Å². The number of hydrogen-bond acceptors (Lipinski definition) is 10. The number of piperazine rings is 1. The monoisotopic (exact) mass is 492 g/mol. The minimum atomic E-state index is 0.210. The third kappa shape index (κ3) is 4.30. The Labute approximate surface area is 207 Å². The minimum Gasteiger partial charge on any atom is -0.378 e. The molecule has 5 rings (SSSR count). The van der Waals surface area contributed by atoms with Gasteiger partial charge in [0.05, 0.1) is 53.5 Å². The van der Waals surface area contributed by atoms with Crippen LogP contribution >= 0.6 is 11.6 Å². The van der Waals surface area contributed by atoms with E-state index in [1.165, 1.54) is 10.7 Å². The molecule has 0 bridgehead atoms. The first-order chi connectivity index (χ1) is 17.0. The number of ether oxygens (including phenoxy) is 1. The lowest BCUT2D eigenvalue weighted by Crippen LogP contribution is -2.59. The van der Waals surface area contributed by atoms with Crippen LogP contribution < -0.4 is 15.5 Å². The van der Waals surface area contributed by atoms with E-state index >= 15 is 0 Å². The highest BCUT2D eigenvalue weighted by Crippen LogP contribution is 2.37. The molecule has 2 aliphatic heterocycles. The summed E-state index contributed by atoms with van der Waals surface area (Å²) in [6.07, 6.45) is 1.45. The molecule has 0 aliphatic carbocycles. The zero-order valence-corrected chi connectivity index (χ0v) is 20.2. The Morgan fingerprint density at radius 3 is 2.69 bits per heavy atom. The Morgan fingerprint density at radius 2 is 2.03 bits per heavy atom. The van der Waals surface area contributed by atoms with Gasteiger partial charge in [-0.15, -0.1) is 0 Å². The van der Waals surface area contributed by atoms with E-state index in [1.807, 2.05) is 13.0 Å². The number of nitrogens with zero attached hydrogens (tertiary/aromatic N) is 8. The van der Waals surface area contributed by atoms with E-state index in [4.69, 9.17) is 16.3 Å². The number of aromatic nitrogens is 4. The average molecular weight is 493 g/mol. The molecule has 4 heterocycles. The van der Waals surface area contributed by atoms with Crippen molar-refractivity contribution in [2.45, 2.75) is 25.9 Å². The molecule has 1 aromatic carbocycles. The molecule has 2 aromatic heterocycles. The van der Waals surface area contributed by atoms with Gasteiger partial charge in [-0.3, -0.25) is 4.90 Å². The first-order valence-corrected chi connectivity index (χ1v) is 11.9. The predicted octanol–water partition coefficient (Wildman–Crippen LogP) is 2.61. The molecule has 2 fully saturated rings. The summed E-state index contributed by atoms with van der Waals surface area (Å²) < 4.78 is 6.84. The standard InChI is InChI=1S/C23H25ClN10O/c1-3-27-23-31-22(30-21-16(9-26)10-28-34(21)23)29-18-6-15(8-25)7-19(20(18)24)33-5-4-32(11-14(33)2)17-12-35-13-17/h6-7,10,14,17H,3-5,11-13H2,1-2H3,(H2,27,29,30,31)/t14-/m0/s1. The normalized spacial score (nSPS) is 18.7. The van der Waals surface area contributed by atoms with Gasteiger partial charge in [-0.05, 0) is 26.0 Å². The van der Waals surface area contributed by atoms with Gasteiger partial charge in [0.2, 0.25) is 11.9 Å². The van der Waals surface area contributed by atoms with Crippen molar-refractivity contribution in [2.75, 3.05) is 54.9 Å². The lowest BCUT2D eigenvalue weighted by molar-refractivity contribution is -0.0691. The quantitative estimate of drug-likeness (QED) is 0.529. The molecular formula is C23H25ClN10O. The fourth-order valence-corrected chi connectivity index (χ4v) is 4.75. The highest BCUT2D eigenvalue weighted by molar-refractivity contribution is 6.36. The summed E-state index contributed by atoms with van der Waals surface area (Å²) in [4.78, 5) is 13.7. The third-order valence-electron chi connectivity index (χ3n) is 6.36. The van der Waals surface area contributed by atoms with Crippen LogP contribution in [0.2, 0.25) is 5.02 Å². The third-order valence-corrected chi connectivity index (χ3v) is 6.75. The maximum Gasteiger partial charge on any atom is 0.232 e. The topological polar surface area (TPSA) is 130 Å². The Hall–Kier alpha value is -3.64. The van der Waals surface area contributed by atoms with E-state index < -0.39 is 0 Å². The molecule has 0 spiro atoms. The van der Waals surface area contributed by atoms with Crippen LogP contribution in [0.4, 0.5) is 23.3 Å². The van der Waals surface area contributed by atoms with Crippen molar-refractivity contribution in [1.29, 1.82) is 10.5 Å². The molecule has 0 unspecified atom stereocenters. The Balaban J connectivity index is 1.48. The van der Waals surface area contributed by atoms with Gasteiger partial charge in [0, 0.05) is 32.2 Å². The summed E-state index contributed by atoms with van der Waals surface area (Å²) >= 11 is 6.89. The van der Waals surface area contributed by atoms with E-state index in [9.17, 15) is 10.5 Å². The number of hydrogen-bond donors (Lipinski definition) is 2. The minimum absolute atomic E-state index is 0.210. The second-order valence-electron chi connectivity index (χ2n) is 8.63. The van der Waals surface area contributed by atoms with Crippen LogP contribution in [0.1, 0.15) is 25.0 Å². The van der Waals surface area contributed by atoms with E-state index in [0.717, 1.165) is 38.5 Å². The van der Waals surface area contributed by atoms with Crippen LogP contribution in [0.3, 0.4) is 0 Å². The predicted molar refractivity (Wildman–Crippen MR) is 132 cm³/mol. The zero-order chi connectivity index (χ0) is 24.5. The lowest BCUT2D eigenvalue weighted by Gasteiger charge is -2.46. The van der Waals surface area contributed by atoms with Crippen molar-refractivity contribution in [3.63, 3.8) is 0 Å². The Bertz CT molecular complexity index is 1340. The van der Waals surface area contributed by atoms with Crippen LogP contribution in [-0.4, -0.2) is 76.0 Å². The second kappa shape index (κ2) is 9.55. The molecule has 0 amide bonds. The number of halogens is 1. The van der Waals surface area contributed by atoms with Gasteiger partial charge in [-0.2, -0.15) is 30.1 Å². The fourth-order valence-electron chi connectivity index (χ4n) is 4.49. The molecule has 2 saturated heterocycles. The van der Waals surface area contributed by atoms with Crippen LogP contribution in [0.5, 0.6) is 0 Å². The maximum absolute atomic E-state index is 9.71. The fraction of sp³-hybridized carbons (Fsp3) is 0.435. The number of nitriles is 2. The Kier molecular flexibility index (Phi) is 6.31. The lowest BCUT2D eigenvalue weighted by atomic mass is 10.1. The molecule has 2 aliphatic rings. The average Bonchev–Trinajstić information content (AvgIpc) is 3.23. The molecule has 35 heavy (non-hydrogen) atoms. The number of fused-ring (bicyclic) bond motifs is 1. The summed E-state index contributed by atoms with van der Waals surface area (Å²) in [7, 11) is 0. The first-order valence-electron chi connectivity index (χ1n) is 11.5. The summed E-state index contributed by atoms with van der Waals surface area (Å²) in [5.74, 6) is 0.690. The second-order valence-corrected chi connectivity index (χ2v) is 9.01. The van der Waals surface area contributed by atoms with Gasteiger partial charge in [0.1, 0.15) is 11.6 Å². The van der Waals surface area contributed by atoms with E-state index in [-0.39, 0.29) is 12.0 Å². The molecule has 180 valence electrons. The number of nitrogens with one attached hydrogen (secondary N) is 2. The van der Waals surface area contributed by atoms with Gasteiger partial charge in [-0.25, -0.2) is 0 Å². The van der Waals surface area contributed by atoms with Gasteiger partial charge < -0.3 is 20.3 Å². The van der Waals surface area contributed by atoms with E-state index in [0.29, 0.717) is 46.0 Å².